The molecule has 3 heterocycles. The Balaban J connectivity index is 1.38. The number of nitrogens with one attached hydrogen (secondary N) is 3. The van der Waals surface area contributed by atoms with Crippen molar-refractivity contribution < 1.29 is 19.1 Å². The van der Waals surface area contributed by atoms with Crippen LogP contribution >= 0.6 is 0 Å². The maximum absolute atomic E-state index is 13.0. The first-order chi connectivity index (χ1) is 21.3. The van der Waals surface area contributed by atoms with E-state index in [1.165, 1.54) is 25.3 Å². The lowest BCUT2D eigenvalue weighted by atomic mass is 10.0. The van der Waals surface area contributed by atoms with E-state index in [1.54, 1.807) is 55.7 Å². The Kier molecular flexibility index (Phi) is 8.71. The molecular weight excluding hydrogens is 562 g/mol. The van der Waals surface area contributed by atoms with Crippen molar-refractivity contribution in [3.8, 4) is 22.9 Å². The molecule has 44 heavy (non-hydrogen) atoms. The van der Waals surface area contributed by atoms with Crippen molar-refractivity contribution in [2.75, 3.05) is 31.8 Å². The number of aromatic nitrogens is 4. The molecule has 3 N–H and O–H groups in total. The molecule has 1 saturated carbocycles. The van der Waals surface area contributed by atoms with Gasteiger partial charge >= 0.3 is 0 Å². The second kappa shape index (κ2) is 13.0. The number of carbonyl (C=O) groups is 3. The minimum absolute atomic E-state index is 0.0298. The van der Waals surface area contributed by atoms with Crippen LogP contribution in [-0.4, -0.2) is 64.0 Å². The maximum atomic E-state index is 13.0. The van der Waals surface area contributed by atoms with Gasteiger partial charge in [-0.05, 0) is 37.1 Å². The number of methoxy groups -OCH3 is 1. The van der Waals surface area contributed by atoms with Gasteiger partial charge in [-0.15, -0.1) is 10.2 Å². The molecule has 0 unspecified atom stereocenters. The number of nitrogens with zero attached hydrogens (tertiary/aromatic N) is 6. The molecule has 4 aromatic rings. The number of hydrogen-bond donors (Lipinski definition) is 3. The lowest BCUT2D eigenvalue weighted by Crippen LogP contribution is -2.27. The maximum Gasteiger partial charge on any atom is 0.273 e. The highest BCUT2D eigenvalue weighted by Gasteiger charge is 2.30. The minimum atomic E-state index is -0.460. The topological polar surface area (TPSA) is 175 Å². The summed E-state index contributed by atoms with van der Waals surface area (Å²) in [7, 11) is 4.64. The largest absolute Gasteiger partial charge is 0.494 e. The van der Waals surface area contributed by atoms with Crippen molar-refractivity contribution in [3.05, 3.63) is 83.6 Å². The van der Waals surface area contributed by atoms with Crippen molar-refractivity contribution in [3.63, 3.8) is 0 Å². The first-order valence-corrected chi connectivity index (χ1v) is 13.7. The first-order valence-electron chi connectivity index (χ1n) is 13.7. The summed E-state index contributed by atoms with van der Waals surface area (Å²) in [5.74, 6) is -0.258. The molecule has 0 aliphatic heterocycles. The third-order valence-electron chi connectivity index (χ3n) is 6.91. The van der Waals surface area contributed by atoms with Crippen LogP contribution in [0.15, 0.2) is 60.9 Å². The first kappa shape index (κ1) is 29.6. The molecule has 3 aromatic heterocycles. The predicted molar refractivity (Wildman–Crippen MR) is 161 cm³/mol. The van der Waals surface area contributed by atoms with Crippen molar-refractivity contribution >= 4 is 34.9 Å². The van der Waals surface area contributed by atoms with Crippen LogP contribution in [0.5, 0.6) is 5.75 Å². The van der Waals surface area contributed by atoms with Crippen LogP contribution in [-0.2, 0) is 11.3 Å². The van der Waals surface area contributed by atoms with Gasteiger partial charge in [-0.2, -0.15) is 5.26 Å². The summed E-state index contributed by atoms with van der Waals surface area (Å²) in [6.07, 6.45) is 4.78. The van der Waals surface area contributed by atoms with E-state index in [0.717, 1.165) is 12.8 Å². The molecule has 0 saturated heterocycles. The number of anilines is 3. The van der Waals surface area contributed by atoms with Gasteiger partial charge in [-0.25, -0.2) is 0 Å². The van der Waals surface area contributed by atoms with E-state index in [2.05, 4.69) is 42.2 Å². The predicted octanol–water partition coefficient (Wildman–Crippen LogP) is 3.54. The average molecular weight is 592 g/mol. The number of ether oxygens (including phenoxy) is 1. The van der Waals surface area contributed by atoms with Crippen molar-refractivity contribution in [1.29, 1.82) is 5.26 Å². The summed E-state index contributed by atoms with van der Waals surface area (Å²) in [5, 5.41) is 25.7. The molecular formula is C31H29N9O4. The molecule has 1 fully saturated rings. The van der Waals surface area contributed by atoms with Crippen LogP contribution in [0.4, 0.5) is 17.2 Å². The van der Waals surface area contributed by atoms with Crippen LogP contribution < -0.4 is 20.7 Å². The number of hydrogen-bond acceptors (Lipinski definition) is 10. The minimum Gasteiger partial charge on any atom is -0.494 e. The molecule has 0 bridgehead atoms. The van der Waals surface area contributed by atoms with Gasteiger partial charge < -0.3 is 25.6 Å². The molecule has 5 rings (SSSR count). The number of nitriles is 1. The number of pyridine rings is 2. The summed E-state index contributed by atoms with van der Waals surface area (Å²) in [6, 6.07) is 15.7. The molecule has 1 aliphatic carbocycles. The molecule has 3 amide bonds. The summed E-state index contributed by atoms with van der Waals surface area (Å²) in [5.41, 5.74) is 3.53. The van der Waals surface area contributed by atoms with Crippen LogP contribution in [0.2, 0.25) is 0 Å². The Morgan fingerprint density at radius 1 is 1.07 bits per heavy atom. The lowest BCUT2D eigenvalue weighted by Gasteiger charge is -2.18. The van der Waals surface area contributed by atoms with E-state index in [4.69, 9.17) is 10.00 Å². The fraction of sp³-hybridized carbons (Fsp3) is 0.226. The lowest BCUT2D eigenvalue weighted by molar-refractivity contribution is -0.117. The van der Waals surface area contributed by atoms with Crippen LogP contribution in [0.25, 0.3) is 11.1 Å². The number of benzene rings is 1. The van der Waals surface area contributed by atoms with Crippen molar-refractivity contribution in [2.45, 2.75) is 19.4 Å². The van der Waals surface area contributed by atoms with Crippen molar-refractivity contribution in [1.82, 2.24) is 30.4 Å². The molecule has 0 radical (unpaired) electrons. The molecule has 0 atom stereocenters. The van der Waals surface area contributed by atoms with Gasteiger partial charge in [-0.3, -0.25) is 24.4 Å². The van der Waals surface area contributed by atoms with Gasteiger partial charge in [0, 0.05) is 49.6 Å². The number of rotatable bonds is 10. The van der Waals surface area contributed by atoms with Gasteiger partial charge in [0.2, 0.25) is 5.91 Å². The zero-order valence-electron chi connectivity index (χ0n) is 24.3. The average Bonchev–Trinajstić information content (AvgIpc) is 3.90. The quantitative estimate of drug-likeness (QED) is 0.247. The molecule has 1 aromatic carbocycles. The summed E-state index contributed by atoms with van der Waals surface area (Å²) in [4.78, 5) is 48.0. The number of amides is 3. The Morgan fingerprint density at radius 2 is 1.89 bits per heavy atom. The molecule has 222 valence electrons. The molecule has 13 nitrogen and oxygen atoms in total. The number of carbonyl (C=O) groups excluding carboxylic acids is 3. The van der Waals surface area contributed by atoms with E-state index in [0.29, 0.717) is 39.5 Å². The van der Waals surface area contributed by atoms with Gasteiger partial charge in [-0.1, -0.05) is 18.2 Å². The molecule has 1 aliphatic rings. The molecule has 0 spiro atoms. The van der Waals surface area contributed by atoms with E-state index < -0.39 is 5.91 Å². The zero-order chi connectivity index (χ0) is 31.2. The van der Waals surface area contributed by atoms with Crippen LogP contribution in [0, 0.1) is 17.2 Å². The second-order valence-electron chi connectivity index (χ2n) is 10.1. The van der Waals surface area contributed by atoms with Gasteiger partial charge in [0.25, 0.3) is 11.8 Å². The SMILES string of the molecule is CNC(=O)c1nnc(NC(=O)C2CC2)cc1Nc1cccc(-c2ccc(C(=O)N(C)Cc3cc(C#N)ccn3)nc2)c1OC. The Bertz CT molecular complexity index is 1770. The fourth-order valence-corrected chi connectivity index (χ4v) is 4.46. The summed E-state index contributed by atoms with van der Waals surface area (Å²) < 4.78 is 5.76. The fourth-order valence-electron chi connectivity index (χ4n) is 4.46. The highest BCUT2D eigenvalue weighted by molar-refractivity contribution is 6.00. The number of para-hydroxylation sites is 1. The Labute approximate surface area is 253 Å². The van der Waals surface area contributed by atoms with Crippen LogP contribution in [0.1, 0.15) is 45.1 Å². The molecule has 13 heteroatoms. The summed E-state index contributed by atoms with van der Waals surface area (Å²) in [6.45, 7) is 0.215. The van der Waals surface area contributed by atoms with Crippen LogP contribution in [0.3, 0.4) is 0 Å². The third-order valence-corrected chi connectivity index (χ3v) is 6.91. The van der Waals surface area contributed by atoms with Crippen molar-refractivity contribution in [2.24, 2.45) is 5.92 Å². The van der Waals surface area contributed by atoms with E-state index >= 15 is 0 Å². The standard InChI is InChI=1S/C31H29N9O4/c1-33-30(42)27-25(14-26(38-39-27)37-29(41)19-7-8-19)36-23-6-4-5-22(28(23)44-3)20-9-10-24(35-16-20)31(43)40(2)17-21-13-18(15-32)11-12-34-21/h4-6,9-14,16,19H,7-8,17H2,1-3H3,(H,33,42)(H2,36,37,38,41). The van der Waals surface area contributed by atoms with E-state index in [-0.39, 0.29) is 41.5 Å². The highest BCUT2D eigenvalue weighted by atomic mass is 16.5. The smallest absolute Gasteiger partial charge is 0.273 e. The van der Waals surface area contributed by atoms with E-state index in [1.807, 2.05) is 6.07 Å². The van der Waals surface area contributed by atoms with Gasteiger partial charge in [0.15, 0.2) is 11.5 Å². The van der Waals surface area contributed by atoms with Gasteiger partial charge in [0.1, 0.15) is 11.4 Å². The summed E-state index contributed by atoms with van der Waals surface area (Å²) >= 11 is 0. The van der Waals surface area contributed by atoms with E-state index in [9.17, 15) is 14.4 Å². The monoisotopic (exact) mass is 591 g/mol. The third kappa shape index (κ3) is 6.60. The van der Waals surface area contributed by atoms with Gasteiger partial charge in [0.05, 0.1) is 42.4 Å². The normalized spacial score (nSPS) is 12.0. The Morgan fingerprint density at radius 3 is 2.57 bits per heavy atom. The second-order valence-corrected chi connectivity index (χ2v) is 10.1. The zero-order valence-corrected chi connectivity index (χ0v) is 24.3. The Hall–Kier alpha value is -5.90. The highest BCUT2D eigenvalue weighted by Crippen LogP contribution is 2.38.